The quantitative estimate of drug-likeness (QED) is 0.821. The fraction of sp³-hybridized carbons (Fsp3) is 0.154. The fourth-order valence-electron chi connectivity index (χ4n) is 1.96. The van der Waals surface area contributed by atoms with Crippen LogP contribution in [0.5, 0.6) is 0 Å². The molecule has 1 heterocycles. The first-order valence-corrected chi connectivity index (χ1v) is 5.96. The maximum atomic E-state index is 10.9. The molecule has 0 aliphatic rings. The Morgan fingerprint density at radius 1 is 1.47 bits per heavy atom. The molecule has 0 saturated carbocycles. The van der Waals surface area contributed by atoms with Crippen molar-refractivity contribution in [3.8, 4) is 0 Å². The predicted molar refractivity (Wildman–Crippen MR) is 70.9 cm³/mol. The van der Waals surface area contributed by atoms with Crippen molar-refractivity contribution in [1.29, 1.82) is 0 Å². The summed E-state index contributed by atoms with van der Waals surface area (Å²) in [7, 11) is 0. The molecular formula is C13H11ClN2O3. The second kappa shape index (κ2) is 5.67. The molecule has 0 radical (unpaired) electrons. The van der Waals surface area contributed by atoms with E-state index in [1.165, 1.54) is 0 Å². The molecule has 0 bridgehead atoms. The maximum absolute atomic E-state index is 10.9. The van der Waals surface area contributed by atoms with Crippen molar-refractivity contribution in [3.63, 3.8) is 0 Å². The maximum Gasteiger partial charge on any atom is 0.305 e. The van der Waals surface area contributed by atoms with Gasteiger partial charge in [0.05, 0.1) is 18.0 Å². The second-order valence-electron chi connectivity index (χ2n) is 3.97. The minimum atomic E-state index is -1.00. The van der Waals surface area contributed by atoms with Crippen LogP contribution >= 0.6 is 11.6 Å². The van der Waals surface area contributed by atoms with Gasteiger partial charge in [0.25, 0.3) is 0 Å². The molecule has 2 aromatic rings. The summed E-state index contributed by atoms with van der Waals surface area (Å²) in [5.41, 5.74) is 1.23. The summed E-state index contributed by atoms with van der Waals surface area (Å²) in [6, 6.07) is 6.26. The van der Waals surface area contributed by atoms with Gasteiger partial charge >= 0.3 is 5.97 Å². The number of aromatic nitrogens is 1. The molecule has 98 valence electrons. The third-order valence-corrected chi connectivity index (χ3v) is 3.10. The highest BCUT2D eigenvalue weighted by atomic mass is 35.5. The normalized spacial score (nSPS) is 12.1. The first-order chi connectivity index (χ1) is 9.13. The molecule has 0 fully saturated rings. The van der Waals surface area contributed by atoms with E-state index in [1.807, 2.05) is 0 Å². The number of hydrogen-bond acceptors (Lipinski definition) is 3. The minimum absolute atomic E-state index is 0.216. The zero-order valence-electron chi connectivity index (χ0n) is 9.84. The first kappa shape index (κ1) is 13.3. The average molecular weight is 279 g/mol. The number of aliphatic carboxylic acids is 1. The Balaban J connectivity index is 2.56. The second-order valence-corrected chi connectivity index (χ2v) is 4.38. The van der Waals surface area contributed by atoms with Crippen LogP contribution in [0.2, 0.25) is 5.02 Å². The third-order valence-electron chi connectivity index (χ3n) is 2.77. The standard InChI is InChI=1S/C13H11ClN2O3/c14-10-4-3-9(11(16-7-17)6-12(18)19)13-8(10)2-1-5-15-13/h1-5,7,11H,6H2,(H,16,17)(H,18,19)/t11-/m1/s1. The number of hydrogen-bond donors (Lipinski definition) is 2. The van der Waals surface area contributed by atoms with Gasteiger partial charge in [-0.15, -0.1) is 0 Å². The first-order valence-electron chi connectivity index (χ1n) is 5.58. The Hall–Kier alpha value is -2.14. The lowest BCUT2D eigenvalue weighted by atomic mass is 10.0. The van der Waals surface area contributed by atoms with Gasteiger partial charge in [0, 0.05) is 22.2 Å². The summed E-state index contributed by atoms with van der Waals surface area (Å²) in [6.45, 7) is 0. The van der Waals surface area contributed by atoms with Crippen LogP contribution in [0.25, 0.3) is 10.9 Å². The molecule has 2 rings (SSSR count). The van der Waals surface area contributed by atoms with Crippen molar-refractivity contribution in [2.45, 2.75) is 12.5 Å². The monoisotopic (exact) mass is 278 g/mol. The Bertz CT molecular complexity index is 630. The molecule has 0 aliphatic heterocycles. The van der Waals surface area contributed by atoms with Crippen molar-refractivity contribution < 1.29 is 14.7 Å². The van der Waals surface area contributed by atoms with Crippen LogP contribution in [-0.2, 0) is 9.59 Å². The van der Waals surface area contributed by atoms with Crippen LogP contribution in [-0.4, -0.2) is 22.5 Å². The zero-order valence-corrected chi connectivity index (χ0v) is 10.6. The van der Waals surface area contributed by atoms with Crippen LogP contribution in [0, 0.1) is 0 Å². The average Bonchev–Trinajstić information content (AvgIpc) is 2.39. The number of fused-ring (bicyclic) bond motifs is 1. The van der Waals surface area contributed by atoms with Crippen molar-refractivity contribution in [3.05, 3.63) is 41.0 Å². The van der Waals surface area contributed by atoms with Gasteiger partial charge in [0.1, 0.15) is 0 Å². The lowest BCUT2D eigenvalue weighted by molar-refractivity contribution is -0.137. The van der Waals surface area contributed by atoms with E-state index in [9.17, 15) is 9.59 Å². The Morgan fingerprint density at radius 3 is 2.95 bits per heavy atom. The molecule has 1 atom stereocenters. The van der Waals surface area contributed by atoms with Gasteiger partial charge in [-0.25, -0.2) is 0 Å². The molecule has 1 amide bonds. The lowest BCUT2D eigenvalue weighted by Gasteiger charge is -2.16. The Morgan fingerprint density at radius 2 is 2.26 bits per heavy atom. The number of nitrogens with zero attached hydrogens (tertiary/aromatic N) is 1. The third kappa shape index (κ3) is 2.82. The van der Waals surface area contributed by atoms with Crippen LogP contribution in [0.1, 0.15) is 18.0 Å². The molecule has 1 aromatic carbocycles. The van der Waals surface area contributed by atoms with Gasteiger partial charge in [-0.3, -0.25) is 14.6 Å². The minimum Gasteiger partial charge on any atom is -0.481 e. The van der Waals surface area contributed by atoms with Crippen LogP contribution in [0.15, 0.2) is 30.5 Å². The van der Waals surface area contributed by atoms with Gasteiger partial charge < -0.3 is 10.4 Å². The van der Waals surface area contributed by atoms with E-state index >= 15 is 0 Å². The Kier molecular flexibility index (Phi) is 3.97. The number of carbonyl (C=O) groups is 2. The molecule has 6 heteroatoms. The molecule has 0 spiro atoms. The molecule has 19 heavy (non-hydrogen) atoms. The van der Waals surface area contributed by atoms with Crippen LogP contribution in [0.4, 0.5) is 0 Å². The van der Waals surface area contributed by atoms with E-state index in [0.717, 1.165) is 5.39 Å². The van der Waals surface area contributed by atoms with E-state index in [-0.39, 0.29) is 6.42 Å². The van der Waals surface area contributed by atoms with Crippen LogP contribution in [0.3, 0.4) is 0 Å². The number of amides is 1. The smallest absolute Gasteiger partial charge is 0.305 e. The van der Waals surface area contributed by atoms with E-state index in [4.69, 9.17) is 16.7 Å². The SMILES string of the molecule is O=CN[C@H](CC(=O)O)c1ccc(Cl)c2cccnc12. The molecule has 0 unspecified atom stereocenters. The van der Waals surface area contributed by atoms with Gasteiger partial charge in [0.2, 0.25) is 6.41 Å². The fourth-order valence-corrected chi connectivity index (χ4v) is 2.17. The van der Waals surface area contributed by atoms with Crippen molar-refractivity contribution in [1.82, 2.24) is 10.3 Å². The molecule has 0 aliphatic carbocycles. The molecule has 5 nitrogen and oxygen atoms in total. The number of rotatable bonds is 5. The number of carboxylic acids is 1. The number of carboxylic acid groups (broad SMARTS) is 1. The summed E-state index contributed by atoms with van der Waals surface area (Å²) in [5.74, 6) is -1.00. The van der Waals surface area contributed by atoms with E-state index < -0.39 is 12.0 Å². The van der Waals surface area contributed by atoms with Gasteiger partial charge in [-0.1, -0.05) is 17.7 Å². The summed E-state index contributed by atoms with van der Waals surface area (Å²) in [6.07, 6.45) is 1.87. The van der Waals surface area contributed by atoms with Gasteiger partial charge in [0.15, 0.2) is 0 Å². The topological polar surface area (TPSA) is 79.3 Å². The van der Waals surface area contributed by atoms with Crippen molar-refractivity contribution >= 4 is 34.9 Å². The largest absolute Gasteiger partial charge is 0.481 e. The van der Waals surface area contributed by atoms with Gasteiger partial charge in [-0.05, 0) is 18.2 Å². The highest BCUT2D eigenvalue weighted by Crippen LogP contribution is 2.29. The summed E-state index contributed by atoms with van der Waals surface area (Å²) >= 11 is 6.07. The molecule has 0 saturated heterocycles. The van der Waals surface area contributed by atoms with E-state index in [2.05, 4.69) is 10.3 Å². The molecule has 2 N–H and O–H groups in total. The van der Waals surface area contributed by atoms with Crippen LogP contribution < -0.4 is 5.32 Å². The number of pyridine rings is 1. The number of halogens is 1. The summed E-state index contributed by atoms with van der Waals surface area (Å²) in [4.78, 5) is 25.7. The lowest BCUT2D eigenvalue weighted by Crippen LogP contribution is -2.22. The van der Waals surface area contributed by atoms with Crippen molar-refractivity contribution in [2.24, 2.45) is 0 Å². The summed E-state index contributed by atoms with van der Waals surface area (Å²) < 4.78 is 0. The predicted octanol–water partition coefficient (Wildman–Crippen LogP) is 2.15. The number of nitrogens with one attached hydrogen (secondary N) is 1. The highest BCUT2D eigenvalue weighted by molar-refractivity contribution is 6.35. The summed E-state index contributed by atoms with van der Waals surface area (Å²) in [5, 5.41) is 12.7. The van der Waals surface area contributed by atoms with E-state index in [0.29, 0.717) is 22.5 Å². The zero-order chi connectivity index (χ0) is 13.8. The van der Waals surface area contributed by atoms with Gasteiger partial charge in [-0.2, -0.15) is 0 Å². The molecule has 1 aromatic heterocycles. The Labute approximate surface area is 114 Å². The number of carbonyl (C=O) groups excluding carboxylic acids is 1. The molecular weight excluding hydrogens is 268 g/mol. The van der Waals surface area contributed by atoms with Crippen molar-refractivity contribution in [2.75, 3.05) is 0 Å². The van der Waals surface area contributed by atoms with E-state index in [1.54, 1.807) is 30.5 Å². The number of benzene rings is 1. The highest BCUT2D eigenvalue weighted by Gasteiger charge is 2.18.